The quantitative estimate of drug-likeness (QED) is 0.495. The maximum absolute atomic E-state index is 6.15. The van der Waals surface area contributed by atoms with Gasteiger partial charge in [-0.1, -0.05) is 72.9 Å². The molecule has 0 amide bonds. The van der Waals surface area contributed by atoms with Crippen molar-refractivity contribution in [2.75, 3.05) is 0 Å². The Morgan fingerprint density at radius 2 is 1.13 bits per heavy atom. The number of hydrogen-bond donors (Lipinski definition) is 0. The van der Waals surface area contributed by atoms with Crippen molar-refractivity contribution in [3.05, 3.63) is 97.1 Å². The Kier molecular flexibility index (Phi) is 6.67. The summed E-state index contributed by atoms with van der Waals surface area (Å²) in [5.74, 6) is 1.69. The van der Waals surface area contributed by atoms with Gasteiger partial charge in [0.05, 0.1) is 0 Å². The van der Waals surface area contributed by atoms with Crippen LogP contribution in [0.2, 0.25) is 0 Å². The zero-order chi connectivity index (χ0) is 16.3. The predicted octanol–water partition coefficient (Wildman–Crippen LogP) is 6.66. The highest BCUT2D eigenvalue weighted by Crippen LogP contribution is 2.29. The van der Waals surface area contributed by atoms with Crippen molar-refractivity contribution in [2.45, 2.75) is 12.8 Å². The van der Waals surface area contributed by atoms with Crippen LogP contribution < -0.4 is 4.74 Å². The molecule has 23 heavy (non-hydrogen) atoms. The van der Waals surface area contributed by atoms with Crippen LogP contribution in [0.15, 0.2) is 86.0 Å². The molecule has 0 unspecified atom stereocenters. The van der Waals surface area contributed by atoms with Crippen LogP contribution in [0.25, 0.3) is 12.2 Å². The number of para-hydroxylation sites is 2. The zero-order valence-corrected chi connectivity index (χ0v) is 13.3. The lowest BCUT2D eigenvalue weighted by Gasteiger charge is -2.11. The Morgan fingerprint density at radius 3 is 1.57 bits per heavy atom. The molecule has 0 aromatic heterocycles. The molecule has 1 nitrogen and oxygen atoms in total. The first-order valence-electron chi connectivity index (χ1n) is 7.76. The summed E-state index contributed by atoms with van der Waals surface area (Å²) in [4.78, 5) is 0. The van der Waals surface area contributed by atoms with Crippen molar-refractivity contribution in [1.82, 2.24) is 0 Å². The van der Waals surface area contributed by atoms with Crippen molar-refractivity contribution < 1.29 is 4.74 Å². The van der Waals surface area contributed by atoms with Gasteiger partial charge in [-0.25, -0.2) is 0 Å². The lowest BCUT2D eigenvalue weighted by atomic mass is 10.1. The first kappa shape index (κ1) is 16.6. The first-order chi connectivity index (χ1) is 11.3. The third-order valence-electron chi connectivity index (χ3n) is 3.26. The summed E-state index contributed by atoms with van der Waals surface area (Å²) in [6.45, 7) is 7.46. The summed E-state index contributed by atoms with van der Waals surface area (Å²) in [6, 6.07) is 16.0. The van der Waals surface area contributed by atoms with Gasteiger partial charge in [-0.2, -0.15) is 0 Å². The third kappa shape index (κ3) is 5.15. The molecule has 0 N–H and O–H groups in total. The second-order valence-electron chi connectivity index (χ2n) is 5.03. The van der Waals surface area contributed by atoms with E-state index in [1.165, 1.54) is 0 Å². The molecular weight excluding hydrogens is 280 g/mol. The monoisotopic (exact) mass is 302 g/mol. The Labute approximate surface area is 138 Å². The molecular formula is C22H22O. The van der Waals surface area contributed by atoms with Gasteiger partial charge in [0.15, 0.2) is 0 Å². The standard InChI is InChI=1S/C22H22O/c1-3-5-7-13-19-15-9-11-17-21(19)23-22-18-12-10-16-20(22)14-8-6-4-2/h3-4,7-18H,1-2,5-6H2. The Morgan fingerprint density at radius 1 is 0.696 bits per heavy atom. The molecule has 2 aromatic carbocycles. The smallest absolute Gasteiger partial charge is 0.134 e. The molecule has 0 radical (unpaired) electrons. The van der Waals surface area contributed by atoms with Crippen LogP contribution in [0, 0.1) is 0 Å². The largest absolute Gasteiger partial charge is 0.456 e. The molecule has 116 valence electrons. The summed E-state index contributed by atoms with van der Waals surface area (Å²) < 4.78 is 6.15. The van der Waals surface area contributed by atoms with Crippen LogP contribution in [0.5, 0.6) is 11.5 Å². The third-order valence-corrected chi connectivity index (χ3v) is 3.26. The van der Waals surface area contributed by atoms with E-state index in [1.807, 2.05) is 60.7 Å². The van der Waals surface area contributed by atoms with Crippen LogP contribution in [-0.4, -0.2) is 0 Å². The van der Waals surface area contributed by atoms with E-state index < -0.39 is 0 Å². The number of rotatable bonds is 8. The fourth-order valence-electron chi connectivity index (χ4n) is 2.12. The molecule has 0 atom stereocenters. The van der Waals surface area contributed by atoms with Crippen LogP contribution in [0.3, 0.4) is 0 Å². The summed E-state index contributed by atoms with van der Waals surface area (Å²) in [6.07, 6.45) is 13.7. The van der Waals surface area contributed by atoms with Gasteiger partial charge in [0, 0.05) is 11.1 Å². The Balaban J connectivity index is 2.26. The van der Waals surface area contributed by atoms with Crippen molar-refractivity contribution in [1.29, 1.82) is 0 Å². The second-order valence-corrected chi connectivity index (χ2v) is 5.03. The summed E-state index contributed by atoms with van der Waals surface area (Å²) >= 11 is 0. The van der Waals surface area contributed by atoms with Crippen molar-refractivity contribution >= 4 is 12.2 Å². The number of allylic oxidation sites excluding steroid dienone is 4. The molecule has 0 aliphatic heterocycles. The second kappa shape index (κ2) is 9.26. The highest BCUT2D eigenvalue weighted by Gasteiger charge is 2.04. The fraction of sp³-hybridized carbons (Fsp3) is 0.0909. The Hall–Kier alpha value is -2.80. The molecule has 0 heterocycles. The maximum atomic E-state index is 6.15. The van der Waals surface area contributed by atoms with Crippen molar-refractivity contribution in [3.8, 4) is 11.5 Å². The lowest BCUT2D eigenvalue weighted by Crippen LogP contribution is -1.89. The summed E-state index contributed by atoms with van der Waals surface area (Å²) in [7, 11) is 0. The van der Waals surface area contributed by atoms with Gasteiger partial charge in [0.1, 0.15) is 11.5 Å². The van der Waals surface area contributed by atoms with Gasteiger partial charge in [-0.3, -0.25) is 0 Å². The van der Waals surface area contributed by atoms with E-state index >= 15 is 0 Å². The maximum Gasteiger partial charge on any atom is 0.134 e. The molecule has 0 fully saturated rings. The fourth-order valence-corrected chi connectivity index (χ4v) is 2.12. The summed E-state index contributed by atoms with van der Waals surface area (Å²) in [5, 5.41) is 0. The van der Waals surface area contributed by atoms with Crippen molar-refractivity contribution in [2.24, 2.45) is 0 Å². The number of benzene rings is 2. The normalized spacial score (nSPS) is 11.0. The minimum absolute atomic E-state index is 0.842. The molecule has 0 aliphatic carbocycles. The van der Waals surface area contributed by atoms with Crippen LogP contribution in [-0.2, 0) is 0 Å². The first-order valence-corrected chi connectivity index (χ1v) is 7.76. The topological polar surface area (TPSA) is 9.23 Å². The predicted molar refractivity (Wildman–Crippen MR) is 101 cm³/mol. The lowest BCUT2D eigenvalue weighted by molar-refractivity contribution is 0.480. The zero-order valence-electron chi connectivity index (χ0n) is 13.3. The van der Waals surface area contributed by atoms with Gasteiger partial charge >= 0.3 is 0 Å². The van der Waals surface area contributed by atoms with E-state index in [0.29, 0.717) is 0 Å². The Bertz CT molecular complexity index is 646. The van der Waals surface area contributed by atoms with Gasteiger partial charge in [0.25, 0.3) is 0 Å². The SMILES string of the molecule is C=CCC=Cc1ccccc1Oc1ccccc1C=CCC=C. The molecule has 1 heteroatoms. The molecule has 0 saturated heterocycles. The van der Waals surface area contributed by atoms with Gasteiger partial charge in [0.2, 0.25) is 0 Å². The minimum atomic E-state index is 0.842. The highest BCUT2D eigenvalue weighted by atomic mass is 16.5. The van der Waals surface area contributed by atoms with Gasteiger partial charge in [-0.05, 0) is 25.0 Å². The van der Waals surface area contributed by atoms with E-state index in [4.69, 9.17) is 4.74 Å². The van der Waals surface area contributed by atoms with Gasteiger partial charge < -0.3 is 4.74 Å². The van der Waals surface area contributed by atoms with E-state index in [9.17, 15) is 0 Å². The van der Waals surface area contributed by atoms with Crippen LogP contribution in [0.4, 0.5) is 0 Å². The molecule has 0 aliphatic rings. The molecule has 2 rings (SSSR count). The van der Waals surface area contributed by atoms with Crippen LogP contribution in [0.1, 0.15) is 24.0 Å². The minimum Gasteiger partial charge on any atom is -0.456 e. The van der Waals surface area contributed by atoms with E-state index in [2.05, 4.69) is 37.5 Å². The molecule has 0 saturated carbocycles. The number of hydrogen-bond acceptors (Lipinski definition) is 1. The van der Waals surface area contributed by atoms with Crippen molar-refractivity contribution in [3.63, 3.8) is 0 Å². The summed E-state index contributed by atoms with van der Waals surface area (Å²) in [5.41, 5.74) is 2.11. The highest BCUT2D eigenvalue weighted by molar-refractivity contribution is 5.61. The molecule has 0 bridgehead atoms. The number of ether oxygens (including phenoxy) is 1. The average molecular weight is 302 g/mol. The molecule has 2 aromatic rings. The molecule has 0 spiro atoms. The van der Waals surface area contributed by atoms with Crippen LogP contribution >= 0.6 is 0 Å². The van der Waals surface area contributed by atoms with E-state index in [-0.39, 0.29) is 0 Å². The average Bonchev–Trinajstić information content (AvgIpc) is 2.58. The van der Waals surface area contributed by atoms with E-state index in [0.717, 1.165) is 35.5 Å². The van der Waals surface area contributed by atoms with Gasteiger partial charge in [-0.15, -0.1) is 13.2 Å². The van der Waals surface area contributed by atoms with E-state index in [1.54, 1.807) is 0 Å².